The fourth-order valence-corrected chi connectivity index (χ4v) is 7.50. The number of aliphatic hydroxyl groups is 1. The Labute approximate surface area is 394 Å². The van der Waals surface area contributed by atoms with Crippen molar-refractivity contribution in [3.8, 4) is 0 Å². The molecule has 0 aliphatic carbocycles. The number of phosphoric acid groups is 1. The van der Waals surface area contributed by atoms with Crippen LogP contribution in [-0.4, -0.2) is 68.5 Å². The van der Waals surface area contributed by atoms with Crippen LogP contribution >= 0.6 is 7.82 Å². The van der Waals surface area contributed by atoms with Crippen LogP contribution in [0.5, 0.6) is 0 Å². The second-order valence-electron chi connectivity index (χ2n) is 18.1. The lowest BCUT2D eigenvalue weighted by Crippen LogP contribution is -2.45. The summed E-state index contributed by atoms with van der Waals surface area (Å²) in [6.07, 6.45) is 64.6. The van der Waals surface area contributed by atoms with Crippen LogP contribution < -0.4 is 10.2 Å². The van der Waals surface area contributed by atoms with Gasteiger partial charge < -0.3 is 28.8 Å². The summed E-state index contributed by atoms with van der Waals surface area (Å²) >= 11 is 0. The van der Waals surface area contributed by atoms with Crippen LogP contribution in [0, 0.1) is 0 Å². The molecule has 1 amide bonds. The van der Waals surface area contributed by atoms with Gasteiger partial charge in [0, 0.05) is 6.42 Å². The number of unbranched alkanes of at least 4 members (excludes halogenated alkanes) is 18. The molecule has 9 heteroatoms. The first-order valence-corrected chi connectivity index (χ1v) is 27.1. The van der Waals surface area contributed by atoms with E-state index in [1.807, 2.05) is 27.2 Å². The summed E-state index contributed by atoms with van der Waals surface area (Å²) in [6.45, 7) is 4.50. The smallest absolute Gasteiger partial charge is 0.268 e. The number of carbonyl (C=O) groups excluding carboxylic acids is 1. The van der Waals surface area contributed by atoms with Gasteiger partial charge in [0.05, 0.1) is 39.9 Å². The Bertz CT molecular complexity index is 1360. The zero-order valence-electron chi connectivity index (χ0n) is 41.7. The number of hydrogen-bond acceptors (Lipinski definition) is 6. The maximum absolute atomic E-state index is 12.9. The van der Waals surface area contributed by atoms with Crippen LogP contribution in [0.4, 0.5) is 0 Å². The minimum absolute atomic E-state index is 0.0132. The lowest BCUT2D eigenvalue weighted by molar-refractivity contribution is -0.870. The Morgan fingerprint density at radius 3 is 1.39 bits per heavy atom. The SMILES string of the molecule is CC/C=C\C/C=C\C/C=C\C/C=C\C/C=C\C/C=C\C/C=C\CCCCCC(=O)NC(COP(=O)([O-])OCC[N+](C)(C)C)C(O)/C=C/CCCCCCCCCCCCCCCCC. The zero-order chi connectivity index (χ0) is 47.1. The van der Waals surface area contributed by atoms with Gasteiger partial charge in [0.25, 0.3) is 7.82 Å². The molecule has 64 heavy (non-hydrogen) atoms. The average Bonchev–Trinajstić information content (AvgIpc) is 3.25. The molecule has 368 valence electrons. The number of likely N-dealkylation sites (N-methyl/N-ethyl adjacent to an activating group) is 1. The highest BCUT2D eigenvalue weighted by Crippen LogP contribution is 2.38. The van der Waals surface area contributed by atoms with Crippen molar-refractivity contribution >= 4 is 13.7 Å². The van der Waals surface area contributed by atoms with Crippen molar-refractivity contribution < 1.29 is 32.9 Å². The van der Waals surface area contributed by atoms with Crippen LogP contribution in [0.25, 0.3) is 0 Å². The van der Waals surface area contributed by atoms with Crippen molar-refractivity contribution in [2.24, 2.45) is 0 Å². The van der Waals surface area contributed by atoms with Gasteiger partial charge in [-0.15, -0.1) is 0 Å². The van der Waals surface area contributed by atoms with Crippen molar-refractivity contribution in [1.82, 2.24) is 5.32 Å². The molecule has 0 aliphatic heterocycles. The van der Waals surface area contributed by atoms with E-state index in [1.54, 1.807) is 6.08 Å². The lowest BCUT2D eigenvalue weighted by atomic mass is 10.0. The number of quaternary nitrogens is 1. The summed E-state index contributed by atoms with van der Waals surface area (Å²) in [5.74, 6) is -0.233. The van der Waals surface area contributed by atoms with Gasteiger partial charge in [-0.1, -0.05) is 207 Å². The first kappa shape index (κ1) is 61.4. The molecule has 0 rings (SSSR count). The zero-order valence-corrected chi connectivity index (χ0v) is 42.6. The van der Waals surface area contributed by atoms with Crippen molar-refractivity contribution in [3.63, 3.8) is 0 Å². The topological polar surface area (TPSA) is 108 Å². The molecule has 0 aromatic rings. The molecule has 8 nitrogen and oxygen atoms in total. The fourth-order valence-electron chi connectivity index (χ4n) is 6.78. The van der Waals surface area contributed by atoms with Crippen molar-refractivity contribution in [3.05, 3.63) is 97.2 Å². The van der Waals surface area contributed by atoms with Gasteiger partial charge in [-0.25, -0.2) is 0 Å². The Hall–Kier alpha value is -2.58. The molecule has 0 aromatic carbocycles. The summed E-state index contributed by atoms with van der Waals surface area (Å²) in [6, 6.07) is -0.911. The first-order chi connectivity index (χ1) is 31.0. The van der Waals surface area contributed by atoms with Gasteiger partial charge in [-0.3, -0.25) is 9.36 Å². The van der Waals surface area contributed by atoms with Crippen LogP contribution in [0.1, 0.15) is 194 Å². The number of carbonyl (C=O) groups is 1. The van der Waals surface area contributed by atoms with Gasteiger partial charge in [-0.2, -0.15) is 0 Å². The summed E-state index contributed by atoms with van der Waals surface area (Å²) in [5.41, 5.74) is 0. The first-order valence-electron chi connectivity index (χ1n) is 25.6. The molecule has 0 heterocycles. The van der Waals surface area contributed by atoms with E-state index in [0.717, 1.165) is 83.5 Å². The highest BCUT2D eigenvalue weighted by Gasteiger charge is 2.23. The molecule has 0 spiro atoms. The molecule has 3 unspecified atom stereocenters. The number of rotatable bonds is 45. The third-order valence-corrected chi connectivity index (χ3v) is 11.8. The minimum atomic E-state index is -4.61. The maximum Gasteiger partial charge on any atom is 0.268 e. The minimum Gasteiger partial charge on any atom is -0.756 e. The number of amides is 1. The van der Waals surface area contributed by atoms with Crippen molar-refractivity contribution in [2.75, 3.05) is 40.9 Å². The van der Waals surface area contributed by atoms with Gasteiger partial charge in [-0.05, 0) is 77.0 Å². The number of hydrogen-bond donors (Lipinski definition) is 2. The lowest BCUT2D eigenvalue weighted by Gasteiger charge is -2.29. The van der Waals surface area contributed by atoms with Crippen molar-refractivity contribution in [2.45, 2.75) is 206 Å². The van der Waals surface area contributed by atoms with E-state index in [0.29, 0.717) is 23.9 Å². The summed E-state index contributed by atoms with van der Waals surface area (Å²) < 4.78 is 23.3. The van der Waals surface area contributed by atoms with E-state index >= 15 is 0 Å². The van der Waals surface area contributed by atoms with Gasteiger partial charge in [0.15, 0.2) is 0 Å². The molecule has 0 radical (unpaired) electrons. The summed E-state index contributed by atoms with van der Waals surface area (Å²) in [4.78, 5) is 25.4. The average molecular weight is 913 g/mol. The van der Waals surface area contributed by atoms with Crippen LogP contribution in [-0.2, 0) is 18.4 Å². The Morgan fingerprint density at radius 2 is 0.953 bits per heavy atom. The summed E-state index contributed by atoms with van der Waals surface area (Å²) in [5, 5.41) is 13.8. The second kappa shape index (κ2) is 45.6. The monoisotopic (exact) mass is 913 g/mol. The van der Waals surface area contributed by atoms with Crippen LogP contribution in [0.3, 0.4) is 0 Å². The quantitative estimate of drug-likeness (QED) is 0.0273. The highest BCUT2D eigenvalue weighted by atomic mass is 31.2. The maximum atomic E-state index is 12.9. The van der Waals surface area contributed by atoms with E-state index < -0.39 is 26.6 Å². The molecular formula is C55H97N2O6P. The van der Waals surface area contributed by atoms with Gasteiger partial charge >= 0.3 is 0 Å². The fraction of sp³-hybridized carbons (Fsp3) is 0.691. The van der Waals surface area contributed by atoms with E-state index in [-0.39, 0.29) is 12.5 Å². The second-order valence-corrected chi connectivity index (χ2v) is 19.6. The highest BCUT2D eigenvalue weighted by molar-refractivity contribution is 7.45. The van der Waals surface area contributed by atoms with E-state index in [1.165, 1.54) is 83.5 Å². The molecule has 3 atom stereocenters. The Balaban J connectivity index is 4.42. The number of phosphoric ester groups is 1. The normalized spacial score (nSPS) is 14.9. The predicted octanol–water partition coefficient (Wildman–Crippen LogP) is 14.5. The molecule has 0 aromatic heterocycles. The molecule has 0 saturated carbocycles. The van der Waals surface area contributed by atoms with Crippen LogP contribution in [0.15, 0.2) is 97.2 Å². The third kappa shape index (κ3) is 47.4. The molecule has 0 saturated heterocycles. The molecule has 0 aliphatic rings. The van der Waals surface area contributed by atoms with Crippen molar-refractivity contribution in [1.29, 1.82) is 0 Å². The number of nitrogens with one attached hydrogen (secondary N) is 1. The van der Waals surface area contributed by atoms with Gasteiger partial charge in [0.2, 0.25) is 5.91 Å². The number of allylic oxidation sites excluding steroid dienone is 15. The molecular weight excluding hydrogens is 816 g/mol. The van der Waals surface area contributed by atoms with E-state index in [2.05, 4.69) is 104 Å². The number of nitrogens with zero attached hydrogens (tertiary/aromatic N) is 1. The molecule has 2 N–H and O–H groups in total. The standard InChI is InChI=1S/C55H97N2O6P/c1-6-8-10-12-14-16-18-20-22-24-25-26-27-28-29-30-31-33-35-37-39-41-43-45-47-49-55(59)56-53(52-63-64(60,61)62-51-50-57(3,4)5)54(58)48-46-44-42-40-38-36-34-32-23-21-19-17-15-13-11-9-7-2/h8,10,14,16,20,22,25-26,28-29,31,33,37,39,46,48,53-54,58H,6-7,9,11-13,15,17-19,21,23-24,27,30,32,34-36,38,40-45,47,49-52H2,1-5H3,(H-,56,59,60,61)/b10-8-,16-14-,22-20-,26-25-,29-28-,33-31-,39-37-,48-46+. The van der Waals surface area contributed by atoms with E-state index in [9.17, 15) is 19.4 Å². The predicted molar refractivity (Wildman–Crippen MR) is 274 cm³/mol. The van der Waals surface area contributed by atoms with Gasteiger partial charge in [0.1, 0.15) is 13.2 Å². The third-order valence-electron chi connectivity index (χ3n) is 10.8. The van der Waals surface area contributed by atoms with E-state index in [4.69, 9.17) is 9.05 Å². The van der Waals surface area contributed by atoms with Crippen LogP contribution in [0.2, 0.25) is 0 Å². The summed E-state index contributed by atoms with van der Waals surface area (Å²) in [7, 11) is 1.22. The molecule has 0 bridgehead atoms. The Morgan fingerprint density at radius 1 is 0.562 bits per heavy atom. The molecule has 0 fully saturated rings. The number of aliphatic hydroxyl groups excluding tert-OH is 1. The Kier molecular flexibility index (Phi) is 43.7. The largest absolute Gasteiger partial charge is 0.756 e.